The number of nitrogens with zero attached hydrogens (tertiary/aromatic N) is 1. The van der Waals surface area contributed by atoms with Gasteiger partial charge in [-0.3, -0.25) is 9.59 Å². The zero-order chi connectivity index (χ0) is 21.5. The third-order valence-electron chi connectivity index (χ3n) is 5.21. The smallest absolute Gasteiger partial charge is 0.253 e. The number of nitrogens with one attached hydrogen (secondary N) is 2. The topological polar surface area (TPSA) is 70.7 Å². The predicted octanol–water partition coefficient (Wildman–Crippen LogP) is 3.62. The lowest BCUT2D eigenvalue weighted by molar-refractivity contribution is -0.119. The first-order valence-electron chi connectivity index (χ1n) is 10.1. The van der Waals surface area contributed by atoms with Gasteiger partial charge in [-0.25, -0.2) is 0 Å². The van der Waals surface area contributed by atoms with Crippen LogP contribution in [0.5, 0.6) is 5.75 Å². The van der Waals surface area contributed by atoms with E-state index in [2.05, 4.69) is 17.6 Å². The fourth-order valence-corrected chi connectivity index (χ4v) is 3.62. The molecule has 2 aromatic carbocycles. The second-order valence-electron chi connectivity index (χ2n) is 7.58. The molecule has 3 rings (SSSR count). The van der Waals surface area contributed by atoms with Gasteiger partial charge in [0, 0.05) is 24.3 Å². The zero-order valence-corrected chi connectivity index (χ0v) is 18.1. The summed E-state index contributed by atoms with van der Waals surface area (Å²) in [6, 6.07) is 14.5. The van der Waals surface area contributed by atoms with E-state index in [1.54, 1.807) is 19.2 Å². The number of likely N-dealkylation sites (tertiary alicyclic amines) is 1. The van der Waals surface area contributed by atoms with Gasteiger partial charge in [0.2, 0.25) is 5.91 Å². The quantitative estimate of drug-likeness (QED) is 0.716. The number of anilines is 1. The fourth-order valence-electron chi connectivity index (χ4n) is 3.39. The fraction of sp³-hybridized carbons (Fsp3) is 0.348. The summed E-state index contributed by atoms with van der Waals surface area (Å²) in [5.74, 6) is 1.22. The van der Waals surface area contributed by atoms with Gasteiger partial charge in [-0.15, -0.1) is 0 Å². The van der Waals surface area contributed by atoms with E-state index < -0.39 is 0 Å². The van der Waals surface area contributed by atoms with E-state index in [1.807, 2.05) is 41.3 Å². The lowest BCUT2D eigenvalue weighted by atomic mass is 9.98. The molecule has 0 atom stereocenters. The number of rotatable bonds is 5. The molecule has 1 heterocycles. The second kappa shape index (κ2) is 10.2. The van der Waals surface area contributed by atoms with Gasteiger partial charge in [-0.1, -0.05) is 25.1 Å². The van der Waals surface area contributed by atoms with Gasteiger partial charge < -0.3 is 20.3 Å². The SMILES string of the molecule is COc1ccc(CC(=O)NC(=S)Nc2cccc(C(=O)N3CCC(C)CC3)c2)cc1. The molecule has 1 aliphatic heterocycles. The van der Waals surface area contributed by atoms with Crippen molar-refractivity contribution in [2.45, 2.75) is 26.2 Å². The molecule has 0 unspecified atom stereocenters. The Labute approximate surface area is 182 Å². The van der Waals surface area contributed by atoms with Crippen molar-refractivity contribution in [2.24, 2.45) is 5.92 Å². The minimum absolute atomic E-state index is 0.0278. The number of hydrogen-bond donors (Lipinski definition) is 2. The van der Waals surface area contributed by atoms with Crippen LogP contribution in [0.1, 0.15) is 35.7 Å². The first kappa shape index (κ1) is 21.8. The molecule has 158 valence electrons. The molecular weight excluding hydrogens is 398 g/mol. The van der Waals surface area contributed by atoms with Crippen LogP contribution in [0.2, 0.25) is 0 Å². The third kappa shape index (κ3) is 6.03. The molecule has 7 heteroatoms. The van der Waals surface area contributed by atoms with Gasteiger partial charge in [0.25, 0.3) is 5.91 Å². The molecule has 0 radical (unpaired) electrons. The number of hydrogen-bond acceptors (Lipinski definition) is 4. The third-order valence-corrected chi connectivity index (χ3v) is 5.42. The summed E-state index contributed by atoms with van der Waals surface area (Å²) in [5, 5.41) is 5.87. The highest BCUT2D eigenvalue weighted by molar-refractivity contribution is 7.80. The van der Waals surface area contributed by atoms with Crippen LogP contribution in [-0.4, -0.2) is 42.0 Å². The molecule has 1 saturated heterocycles. The molecule has 2 N–H and O–H groups in total. The van der Waals surface area contributed by atoms with Crippen molar-refractivity contribution in [1.29, 1.82) is 0 Å². The van der Waals surface area contributed by atoms with Crippen LogP contribution in [-0.2, 0) is 11.2 Å². The summed E-state index contributed by atoms with van der Waals surface area (Å²) in [4.78, 5) is 26.9. The summed E-state index contributed by atoms with van der Waals surface area (Å²) >= 11 is 5.26. The summed E-state index contributed by atoms with van der Waals surface area (Å²) in [6.07, 6.45) is 2.28. The molecule has 0 saturated carbocycles. The maximum Gasteiger partial charge on any atom is 0.253 e. The Morgan fingerprint density at radius 1 is 1.13 bits per heavy atom. The highest BCUT2D eigenvalue weighted by Gasteiger charge is 2.21. The lowest BCUT2D eigenvalue weighted by Gasteiger charge is -2.30. The number of amides is 2. The van der Waals surface area contributed by atoms with Crippen molar-refractivity contribution >= 4 is 34.8 Å². The van der Waals surface area contributed by atoms with Crippen molar-refractivity contribution in [3.8, 4) is 5.75 Å². The van der Waals surface area contributed by atoms with Gasteiger partial charge in [0.05, 0.1) is 13.5 Å². The van der Waals surface area contributed by atoms with Gasteiger partial charge in [-0.2, -0.15) is 0 Å². The Hall–Kier alpha value is -2.93. The van der Waals surface area contributed by atoms with Crippen molar-refractivity contribution in [1.82, 2.24) is 10.2 Å². The van der Waals surface area contributed by atoms with Crippen LogP contribution < -0.4 is 15.4 Å². The summed E-state index contributed by atoms with van der Waals surface area (Å²) in [7, 11) is 1.60. The molecule has 30 heavy (non-hydrogen) atoms. The lowest BCUT2D eigenvalue weighted by Crippen LogP contribution is -2.38. The van der Waals surface area contributed by atoms with Gasteiger partial charge in [0.1, 0.15) is 5.75 Å². The van der Waals surface area contributed by atoms with E-state index >= 15 is 0 Å². The van der Waals surface area contributed by atoms with Gasteiger partial charge >= 0.3 is 0 Å². The van der Waals surface area contributed by atoms with Crippen LogP contribution in [0.15, 0.2) is 48.5 Å². The van der Waals surface area contributed by atoms with Crippen molar-refractivity contribution in [2.75, 3.05) is 25.5 Å². The number of benzene rings is 2. The summed E-state index contributed by atoms with van der Waals surface area (Å²) < 4.78 is 5.12. The number of ether oxygens (including phenoxy) is 1. The Kier molecular flexibility index (Phi) is 7.41. The molecule has 1 fully saturated rings. The molecular formula is C23H27N3O3S. The Balaban J connectivity index is 1.54. The maximum atomic E-state index is 12.8. The minimum atomic E-state index is -0.215. The molecule has 2 amide bonds. The number of carbonyl (C=O) groups is 2. The molecule has 0 bridgehead atoms. The van der Waals surface area contributed by atoms with Crippen LogP contribution in [0, 0.1) is 5.92 Å². The number of carbonyl (C=O) groups excluding carboxylic acids is 2. The van der Waals surface area contributed by atoms with E-state index in [4.69, 9.17) is 17.0 Å². The largest absolute Gasteiger partial charge is 0.497 e. The molecule has 1 aliphatic rings. The highest BCUT2D eigenvalue weighted by atomic mass is 32.1. The molecule has 0 aliphatic carbocycles. The van der Waals surface area contributed by atoms with Crippen LogP contribution in [0.25, 0.3) is 0 Å². The second-order valence-corrected chi connectivity index (χ2v) is 7.99. The number of piperidine rings is 1. The average Bonchev–Trinajstić information content (AvgIpc) is 2.74. The van der Waals surface area contributed by atoms with E-state index in [0.717, 1.165) is 37.2 Å². The van der Waals surface area contributed by atoms with Crippen LogP contribution >= 0.6 is 12.2 Å². The van der Waals surface area contributed by atoms with E-state index in [0.29, 0.717) is 17.2 Å². The Morgan fingerprint density at radius 3 is 2.50 bits per heavy atom. The summed E-state index contributed by atoms with van der Waals surface area (Å²) in [6.45, 7) is 3.80. The van der Waals surface area contributed by atoms with Crippen molar-refractivity contribution in [3.05, 3.63) is 59.7 Å². The van der Waals surface area contributed by atoms with E-state index in [-0.39, 0.29) is 23.3 Å². The van der Waals surface area contributed by atoms with Crippen LogP contribution in [0.3, 0.4) is 0 Å². The van der Waals surface area contributed by atoms with Crippen molar-refractivity contribution in [3.63, 3.8) is 0 Å². The normalized spacial score (nSPS) is 14.1. The maximum absolute atomic E-state index is 12.8. The highest BCUT2D eigenvalue weighted by Crippen LogP contribution is 2.19. The molecule has 0 aromatic heterocycles. The molecule has 0 spiro atoms. The average molecular weight is 426 g/mol. The first-order valence-corrected chi connectivity index (χ1v) is 10.5. The van der Waals surface area contributed by atoms with Crippen LogP contribution in [0.4, 0.5) is 5.69 Å². The standard InChI is InChI=1S/C23H27N3O3S/c1-16-10-12-26(13-11-16)22(28)18-4-3-5-19(15-18)24-23(30)25-21(27)14-17-6-8-20(29-2)9-7-17/h3-9,15-16H,10-14H2,1-2H3,(H2,24,25,27,30). The predicted molar refractivity (Wildman–Crippen MR) is 122 cm³/mol. The molecule has 6 nitrogen and oxygen atoms in total. The van der Waals surface area contributed by atoms with Gasteiger partial charge in [0.15, 0.2) is 5.11 Å². The monoisotopic (exact) mass is 425 g/mol. The van der Waals surface area contributed by atoms with E-state index in [1.165, 1.54) is 0 Å². The first-order chi connectivity index (χ1) is 14.4. The number of methoxy groups -OCH3 is 1. The Bertz CT molecular complexity index is 906. The van der Waals surface area contributed by atoms with Crippen molar-refractivity contribution < 1.29 is 14.3 Å². The number of thiocarbonyl (C=S) groups is 1. The van der Waals surface area contributed by atoms with E-state index in [9.17, 15) is 9.59 Å². The van der Waals surface area contributed by atoms with Gasteiger partial charge in [-0.05, 0) is 66.9 Å². The Morgan fingerprint density at radius 2 is 1.83 bits per heavy atom. The minimum Gasteiger partial charge on any atom is -0.497 e. The molecule has 2 aromatic rings. The zero-order valence-electron chi connectivity index (χ0n) is 17.3. The summed E-state index contributed by atoms with van der Waals surface area (Å²) in [5.41, 5.74) is 2.14.